The molecule has 0 aromatic rings. The Hall–Kier alpha value is -1.47. The number of allylic oxidation sites excluding steroid dienone is 12. The van der Waals surface area contributed by atoms with E-state index in [4.69, 9.17) is 12.2 Å². The molecule has 0 fully saturated rings. The summed E-state index contributed by atoms with van der Waals surface area (Å²) in [5, 5.41) is 0. The van der Waals surface area contributed by atoms with Gasteiger partial charge in [-0.3, -0.25) is 0 Å². The molecule has 0 radical (unpaired) electrons. The van der Waals surface area contributed by atoms with Gasteiger partial charge in [0.2, 0.25) is 0 Å². The van der Waals surface area contributed by atoms with Gasteiger partial charge < -0.3 is 0 Å². The maximum atomic E-state index is 5.52. The summed E-state index contributed by atoms with van der Waals surface area (Å²) in [6.07, 6.45) is 15.2. The molecule has 0 aliphatic heterocycles. The first-order valence-corrected chi connectivity index (χ1v) is 8.39. The predicted molar refractivity (Wildman–Crippen MR) is 104 cm³/mol. The Kier molecular flexibility index (Phi) is 7.47. The fraction of sp³-hybridized carbons (Fsp3) is 0.381. The molecule has 0 nitrogen and oxygen atoms in total. The highest BCUT2D eigenvalue weighted by atomic mass is 32.1. The summed E-state index contributed by atoms with van der Waals surface area (Å²) in [4.78, 5) is 0.963. The lowest BCUT2D eigenvalue weighted by atomic mass is 9.83. The maximum Gasteiger partial charge on any atom is 0.0196 e. The molecule has 118 valence electrons. The Balaban J connectivity index is 3.60. The molecule has 0 aromatic heterocycles. The van der Waals surface area contributed by atoms with Crippen molar-refractivity contribution in [1.29, 1.82) is 0 Å². The molecule has 0 saturated carbocycles. The van der Waals surface area contributed by atoms with E-state index in [0.29, 0.717) is 0 Å². The van der Waals surface area contributed by atoms with E-state index < -0.39 is 0 Å². The fourth-order valence-corrected chi connectivity index (χ4v) is 3.00. The number of thiocarbonyl (C=S) groups is 1. The van der Waals surface area contributed by atoms with Crippen LogP contribution in [0.3, 0.4) is 0 Å². The van der Waals surface area contributed by atoms with Crippen LogP contribution in [0.1, 0.15) is 54.4 Å². The Labute approximate surface area is 141 Å². The van der Waals surface area contributed by atoms with E-state index in [1.807, 2.05) is 13.8 Å². The van der Waals surface area contributed by atoms with Crippen molar-refractivity contribution in [1.82, 2.24) is 0 Å². The standard InChI is InChI=1S/C21H28S/c1-7-9-12-15(3)17(5)21(19(8-2)18(6)22)20-14-11-10-13-16(20)4/h7-10,12-13H,11,14H2,1-6H3/b9-7-,15-12+,19-8-,21-17-. The Morgan fingerprint density at radius 1 is 1.18 bits per heavy atom. The van der Waals surface area contributed by atoms with E-state index in [1.165, 1.54) is 33.4 Å². The second-order valence-corrected chi connectivity index (χ2v) is 6.35. The van der Waals surface area contributed by atoms with Crippen molar-refractivity contribution in [3.63, 3.8) is 0 Å². The van der Waals surface area contributed by atoms with Crippen molar-refractivity contribution >= 4 is 17.1 Å². The van der Waals surface area contributed by atoms with Crippen LogP contribution in [-0.4, -0.2) is 4.86 Å². The van der Waals surface area contributed by atoms with Gasteiger partial charge in [0, 0.05) is 4.86 Å². The van der Waals surface area contributed by atoms with Gasteiger partial charge in [-0.25, -0.2) is 0 Å². The van der Waals surface area contributed by atoms with E-state index in [-0.39, 0.29) is 0 Å². The quantitative estimate of drug-likeness (QED) is 0.304. The molecule has 1 heteroatoms. The second-order valence-electron chi connectivity index (χ2n) is 5.74. The zero-order chi connectivity index (χ0) is 16.7. The molecule has 0 heterocycles. The third kappa shape index (κ3) is 4.51. The first kappa shape index (κ1) is 18.6. The van der Waals surface area contributed by atoms with Crippen molar-refractivity contribution in [2.75, 3.05) is 0 Å². The van der Waals surface area contributed by atoms with Crippen LogP contribution in [0.15, 0.2) is 69.9 Å². The zero-order valence-corrected chi connectivity index (χ0v) is 15.6. The molecular weight excluding hydrogens is 284 g/mol. The van der Waals surface area contributed by atoms with Gasteiger partial charge in [0.15, 0.2) is 0 Å². The highest BCUT2D eigenvalue weighted by Gasteiger charge is 2.18. The summed E-state index contributed by atoms with van der Waals surface area (Å²) in [5.41, 5.74) is 7.93. The van der Waals surface area contributed by atoms with E-state index in [1.54, 1.807) is 0 Å². The smallest absolute Gasteiger partial charge is 0.0196 e. The molecule has 1 rings (SSSR count). The molecule has 1 aliphatic carbocycles. The largest absolute Gasteiger partial charge is 0.0877 e. The number of hydrogen-bond donors (Lipinski definition) is 0. The minimum Gasteiger partial charge on any atom is -0.0877 e. The lowest BCUT2D eigenvalue weighted by Crippen LogP contribution is -2.07. The van der Waals surface area contributed by atoms with Gasteiger partial charge in [0.05, 0.1) is 0 Å². The summed E-state index contributed by atoms with van der Waals surface area (Å²) < 4.78 is 0. The monoisotopic (exact) mass is 312 g/mol. The van der Waals surface area contributed by atoms with Crippen molar-refractivity contribution in [2.24, 2.45) is 0 Å². The van der Waals surface area contributed by atoms with Crippen LogP contribution >= 0.6 is 12.2 Å². The highest BCUT2D eigenvalue weighted by Crippen LogP contribution is 2.35. The molecule has 0 aromatic carbocycles. The number of hydrogen-bond acceptors (Lipinski definition) is 1. The lowest BCUT2D eigenvalue weighted by molar-refractivity contribution is 0.947. The van der Waals surface area contributed by atoms with E-state index >= 15 is 0 Å². The van der Waals surface area contributed by atoms with Gasteiger partial charge in [-0.1, -0.05) is 48.7 Å². The maximum absolute atomic E-state index is 5.52. The molecular formula is C21H28S. The van der Waals surface area contributed by atoms with Crippen molar-refractivity contribution < 1.29 is 0 Å². The minimum absolute atomic E-state index is 0.963. The van der Waals surface area contributed by atoms with Crippen molar-refractivity contribution in [2.45, 2.75) is 54.4 Å². The van der Waals surface area contributed by atoms with Crippen LogP contribution in [0.2, 0.25) is 0 Å². The van der Waals surface area contributed by atoms with Gasteiger partial charge in [0.25, 0.3) is 0 Å². The average molecular weight is 313 g/mol. The predicted octanol–water partition coefficient (Wildman–Crippen LogP) is 6.83. The van der Waals surface area contributed by atoms with Crippen LogP contribution in [0.5, 0.6) is 0 Å². The molecule has 0 saturated heterocycles. The van der Waals surface area contributed by atoms with E-state index in [9.17, 15) is 0 Å². The van der Waals surface area contributed by atoms with Gasteiger partial charge in [-0.05, 0) is 87.8 Å². The van der Waals surface area contributed by atoms with Gasteiger partial charge in [-0.2, -0.15) is 0 Å². The van der Waals surface area contributed by atoms with Crippen LogP contribution < -0.4 is 0 Å². The summed E-state index contributed by atoms with van der Waals surface area (Å²) in [6.45, 7) is 12.7. The normalized spacial score (nSPS) is 18.1. The summed E-state index contributed by atoms with van der Waals surface area (Å²) >= 11 is 5.52. The Morgan fingerprint density at radius 3 is 2.36 bits per heavy atom. The van der Waals surface area contributed by atoms with E-state index in [2.05, 4.69) is 64.2 Å². The average Bonchev–Trinajstić information content (AvgIpc) is 2.50. The lowest BCUT2D eigenvalue weighted by Gasteiger charge is -2.22. The molecule has 0 spiro atoms. The minimum atomic E-state index is 0.963. The van der Waals surface area contributed by atoms with Crippen LogP contribution in [-0.2, 0) is 0 Å². The topological polar surface area (TPSA) is 0 Å². The van der Waals surface area contributed by atoms with Gasteiger partial charge in [-0.15, -0.1) is 0 Å². The first-order chi connectivity index (χ1) is 10.4. The SMILES string of the molecule is C\C=C/C=C(C)/C(C)=C(C1=C(C)C=CCC1)/C(=C\C)C(C)=S. The Bertz CT molecular complexity index is 616. The molecule has 22 heavy (non-hydrogen) atoms. The molecule has 1 aliphatic rings. The molecule has 0 unspecified atom stereocenters. The summed E-state index contributed by atoms with van der Waals surface area (Å²) in [6, 6.07) is 0. The fourth-order valence-electron chi connectivity index (χ4n) is 2.78. The van der Waals surface area contributed by atoms with Crippen LogP contribution in [0.25, 0.3) is 0 Å². The van der Waals surface area contributed by atoms with Gasteiger partial charge in [0.1, 0.15) is 0 Å². The third-order valence-electron chi connectivity index (χ3n) is 4.15. The van der Waals surface area contributed by atoms with Crippen LogP contribution in [0.4, 0.5) is 0 Å². The van der Waals surface area contributed by atoms with Crippen molar-refractivity contribution in [3.8, 4) is 0 Å². The third-order valence-corrected chi connectivity index (χ3v) is 4.37. The summed E-state index contributed by atoms with van der Waals surface area (Å²) in [5.74, 6) is 0. The van der Waals surface area contributed by atoms with Crippen LogP contribution in [0, 0.1) is 0 Å². The van der Waals surface area contributed by atoms with E-state index in [0.717, 1.165) is 17.7 Å². The van der Waals surface area contributed by atoms with Gasteiger partial charge >= 0.3 is 0 Å². The molecule has 0 amide bonds. The molecule has 0 atom stereocenters. The molecule has 0 bridgehead atoms. The molecule has 0 N–H and O–H groups in total. The highest BCUT2D eigenvalue weighted by molar-refractivity contribution is 7.80. The second kappa shape index (κ2) is 8.85. The van der Waals surface area contributed by atoms with Crippen molar-refractivity contribution in [3.05, 3.63) is 69.9 Å². The zero-order valence-electron chi connectivity index (χ0n) is 14.8. The first-order valence-electron chi connectivity index (χ1n) is 7.99. The number of rotatable bonds is 5. The Morgan fingerprint density at radius 2 is 1.86 bits per heavy atom. The summed E-state index contributed by atoms with van der Waals surface area (Å²) in [7, 11) is 0.